The van der Waals surface area contributed by atoms with E-state index >= 15 is 0 Å². The van der Waals surface area contributed by atoms with E-state index in [1.807, 2.05) is 13.8 Å². The van der Waals surface area contributed by atoms with Crippen LogP contribution in [-0.4, -0.2) is 60.3 Å². The molecule has 2 unspecified atom stereocenters. The van der Waals surface area contributed by atoms with Gasteiger partial charge in [0.2, 0.25) is 21.8 Å². The molecule has 3 N–H and O–H groups in total. The van der Waals surface area contributed by atoms with E-state index in [9.17, 15) is 18.0 Å². The molecule has 1 aromatic rings. The summed E-state index contributed by atoms with van der Waals surface area (Å²) in [6.45, 7) is 6.22. The summed E-state index contributed by atoms with van der Waals surface area (Å²) < 4.78 is 27.5. The maximum absolute atomic E-state index is 13.0. The lowest BCUT2D eigenvalue weighted by Gasteiger charge is -2.38. The van der Waals surface area contributed by atoms with Crippen LogP contribution in [0, 0.1) is 0 Å². The largest absolute Gasteiger partial charge is 0.352 e. The molecule has 3 rings (SSSR count). The Morgan fingerprint density at radius 3 is 2.47 bits per heavy atom. The Morgan fingerprint density at radius 2 is 1.90 bits per heavy atom. The quantitative estimate of drug-likeness (QED) is 0.604. The van der Waals surface area contributed by atoms with Gasteiger partial charge in [0.25, 0.3) is 0 Å². The molecule has 0 radical (unpaired) electrons. The van der Waals surface area contributed by atoms with Crippen molar-refractivity contribution >= 4 is 39.3 Å². The van der Waals surface area contributed by atoms with Crippen LogP contribution < -0.4 is 16.0 Å². The van der Waals surface area contributed by atoms with Gasteiger partial charge in [0, 0.05) is 37.5 Å². The first-order valence-corrected chi connectivity index (χ1v) is 12.7. The molecule has 2 atom stereocenters. The Morgan fingerprint density at radius 1 is 1.27 bits per heavy atom. The van der Waals surface area contributed by atoms with Crippen LogP contribution in [0.5, 0.6) is 0 Å². The van der Waals surface area contributed by atoms with Gasteiger partial charge in [-0.1, -0.05) is 6.92 Å². The number of amides is 2. The van der Waals surface area contributed by atoms with E-state index in [2.05, 4.69) is 16.0 Å². The molecule has 2 heterocycles. The summed E-state index contributed by atoms with van der Waals surface area (Å²) >= 11 is 1.72. The predicted molar refractivity (Wildman–Crippen MR) is 119 cm³/mol. The molecule has 2 fully saturated rings. The predicted octanol–water partition coefficient (Wildman–Crippen LogP) is 1.75. The molecule has 0 bridgehead atoms. The standard InChI is InChI=1S/C20H30N4O4S2/c1-4-14(2)21-19(26)18-13-29-20(23-18)9-11-24(12-10-20)30(27,28)17-7-5-16(6-8-17)22-15(3)25/h5-8,14,18,23H,4,9-13H2,1-3H3,(H,21,26)(H,22,25). The SMILES string of the molecule is CCC(C)NC(=O)C1CSC2(CCN(S(=O)(=O)c3ccc(NC(C)=O)cc3)CC2)N1. The summed E-state index contributed by atoms with van der Waals surface area (Å²) in [5.41, 5.74) is 0.562. The van der Waals surface area contributed by atoms with Crippen molar-refractivity contribution in [3.05, 3.63) is 24.3 Å². The first-order chi connectivity index (χ1) is 14.1. The Bertz CT molecular complexity index is 881. The third kappa shape index (κ3) is 5.16. The van der Waals surface area contributed by atoms with Crippen LogP contribution in [0.15, 0.2) is 29.2 Å². The summed E-state index contributed by atoms with van der Waals surface area (Å²) in [7, 11) is -3.60. The van der Waals surface area contributed by atoms with Gasteiger partial charge in [-0.15, -0.1) is 11.8 Å². The third-order valence-electron chi connectivity index (χ3n) is 5.62. The van der Waals surface area contributed by atoms with E-state index in [1.54, 1.807) is 23.9 Å². The summed E-state index contributed by atoms with van der Waals surface area (Å²) in [6.07, 6.45) is 2.18. The number of carbonyl (C=O) groups is 2. The summed E-state index contributed by atoms with van der Waals surface area (Å²) in [5.74, 6) is 0.507. The highest BCUT2D eigenvalue weighted by atomic mass is 32.2. The molecule has 1 aromatic carbocycles. The number of sulfonamides is 1. The lowest BCUT2D eigenvalue weighted by atomic mass is 10.0. The number of anilines is 1. The molecule has 30 heavy (non-hydrogen) atoms. The van der Waals surface area contributed by atoms with E-state index in [0.29, 0.717) is 37.4 Å². The molecule has 0 saturated carbocycles. The zero-order valence-electron chi connectivity index (χ0n) is 17.6. The lowest BCUT2D eigenvalue weighted by Crippen LogP contribution is -2.55. The molecular weight excluding hydrogens is 424 g/mol. The summed E-state index contributed by atoms with van der Waals surface area (Å²) in [4.78, 5) is 23.5. The summed E-state index contributed by atoms with van der Waals surface area (Å²) in [6, 6.07) is 6.12. The number of piperidine rings is 1. The number of nitrogens with one attached hydrogen (secondary N) is 3. The van der Waals surface area contributed by atoms with Crippen LogP contribution in [0.4, 0.5) is 5.69 Å². The molecular formula is C20H30N4O4S2. The van der Waals surface area contributed by atoms with E-state index in [-0.39, 0.29) is 33.7 Å². The molecule has 10 heteroatoms. The zero-order valence-corrected chi connectivity index (χ0v) is 19.2. The topological polar surface area (TPSA) is 108 Å². The highest BCUT2D eigenvalue weighted by molar-refractivity contribution is 8.01. The van der Waals surface area contributed by atoms with Gasteiger partial charge in [-0.25, -0.2) is 8.42 Å². The van der Waals surface area contributed by atoms with Crippen molar-refractivity contribution < 1.29 is 18.0 Å². The monoisotopic (exact) mass is 454 g/mol. The number of nitrogens with zero attached hydrogens (tertiary/aromatic N) is 1. The van der Waals surface area contributed by atoms with Crippen LogP contribution in [-0.2, 0) is 19.6 Å². The third-order valence-corrected chi connectivity index (χ3v) is 9.12. The molecule has 2 saturated heterocycles. The van der Waals surface area contributed by atoms with E-state index in [4.69, 9.17) is 0 Å². The van der Waals surface area contributed by atoms with Crippen LogP contribution in [0.1, 0.15) is 40.0 Å². The van der Waals surface area contributed by atoms with Crippen molar-refractivity contribution in [3.8, 4) is 0 Å². The molecule has 2 amide bonds. The number of hydrogen-bond donors (Lipinski definition) is 3. The minimum atomic E-state index is -3.60. The Hall–Kier alpha value is -1.62. The fourth-order valence-electron chi connectivity index (χ4n) is 3.67. The van der Waals surface area contributed by atoms with Crippen molar-refractivity contribution in [1.82, 2.24) is 14.9 Å². The molecule has 0 aliphatic carbocycles. The van der Waals surface area contributed by atoms with Crippen molar-refractivity contribution in [3.63, 3.8) is 0 Å². The van der Waals surface area contributed by atoms with Gasteiger partial charge in [0.15, 0.2) is 0 Å². The number of carbonyl (C=O) groups excluding carboxylic acids is 2. The van der Waals surface area contributed by atoms with Crippen LogP contribution >= 0.6 is 11.8 Å². The second-order valence-corrected chi connectivity index (χ2v) is 11.3. The number of hydrogen-bond acceptors (Lipinski definition) is 6. The molecule has 1 spiro atoms. The molecule has 0 aromatic heterocycles. The van der Waals surface area contributed by atoms with Crippen LogP contribution in [0.3, 0.4) is 0 Å². The normalized spacial score (nSPS) is 22.6. The maximum Gasteiger partial charge on any atom is 0.243 e. The van der Waals surface area contributed by atoms with Crippen molar-refractivity contribution in [2.45, 2.75) is 61.9 Å². The van der Waals surface area contributed by atoms with Crippen LogP contribution in [0.25, 0.3) is 0 Å². The van der Waals surface area contributed by atoms with Gasteiger partial charge in [0.1, 0.15) is 0 Å². The fraction of sp³-hybridized carbons (Fsp3) is 0.600. The first kappa shape index (κ1) is 23.1. The van der Waals surface area contributed by atoms with E-state index in [0.717, 1.165) is 6.42 Å². The lowest BCUT2D eigenvalue weighted by molar-refractivity contribution is -0.123. The van der Waals surface area contributed by atoms with Gasteiger partial charge in [-0.05, 0) is 50.5 Å². The van der Waals surface area contributed by atoms with Crippen molar-refractivity contribution in [2.75, 3.05) is 24.2 Å². The van der Waals surface area contributed by atoms with Gasteiger partial charge in [-0.2, -0.15) is 4.31 Å². The Labute approximate surface area is 182 Å². The highest BCUT2D eigenvalue weighted by Crippen LogP contribution is 2.40. The van der Waals surface area contributed by atoms with E-state index in [1.165, 1.54) is 23.4 Å². The first-order valence-electron chi connectivity index (χ1n) is 10.2. The van der Waals surface area contributed by atoms with Crippen molar-refractivity contribution in [1.29, 1.82) is 0 Å². The second-order valence-electron chi connectivity index (χ2n) is 7.93. The van der Waals surface area contributed by atoms with Gasteiger partial charge >= 0.3 is 0 Å². The maximum atomic E-state index is 13.0. The average Bonchev–Trinajstić information content (AvgIpc) is 3.12. The number of rotatable bonds is 6. The molecule has 166 valence electrons. The molecule has 8 nitrogen and oxygen atoms in total. The van der Waals surface area contributed by atoms with Crippen LogP contribution in [0.2, 0.25) is 0 Å². The zero-order chi connectivity index (χ0) is 21.9. The van der Waals surface area contributed by atoms with Gasteiger partial charge in [0.05, 0.1) is 15.8 Å². The van der Waals surface area contributed by atoms with Gasteiger partial charge < -0.3 is 10.6 Å². The minimum absolute atomic E-state index is 0.0167. The highest BCUT2D eigenvalue weighted by Gasteiger charge is 2.45. The fourth-order valence-corrected chi connectivity index (χ4v) is 6.53. The Kier molecular flexibility index (Phi) is 7.11. The Balaban J connectivity index is 1.59. The van der Waals surface area contributed by atoms with Crippen molar-refractivity contribution in [2.24, 2.45) is 0 Å². The minimum Gasteiger partial charge on any atom is -0.352 e. The van der Waals surface area contributed by atoms with Gasteiger partial charge in [-0.3, -0.25) is 14.9 Å². The average molecular weight is 455 g/mol. The number of thioether (sulfide) groups is 1. The number of benzene rings is 1. The van der Waals surface area contributed by atoms with E-state index < -0.39 is 10.0 Å². The smallest absolute Gasteiger partial charge is 0.243 e. The molecule has 2 aliphatic heterocycles. The molecule has 2 aliphatic rings. The second kappa shape index (κ2) is 9.25. The summed E-state index contributed by atoms with van der Waals surface area (Å²) in [5, 5.41) is 9.11.